The molecule has 0 aromatic heterocycles. The van der Waals surface area contributed by atoms with Crippen molar-refractivity contribution in [3.8, 4) is 11.5 Å². The van der Waals surface area contributed by atoms with E-state index >= 15 is 0 Å². The molecule has 0 unspecified atom stereocenters. The third kappa shape index (κ3) is 9.29. The Balaban J connectivity index is 1.62. The van der Waals surface area contributed by atoms with Crippen LogP contribution in [0.3, 0.4) is 0 Å². The Labute approximate surface area is 219 Å². The molecular weight excluding hydrogens is 537 g/mol. The number of hydrogen-bond donors (Lipinski definition) is 5. The first-order valence-corrected chi connectivity index (χ1v) is 14.3. The highest BCUT2D eigenvalue weighted by Crippen LogP contribution is 2.34. The number of sulfonamides is 1. The first kappa shape index (κ1) is 28.8. The molecule has 0 saturated carbocycles. The molecule has 3 rings (SSSR count). The van der Waals surface area contributed by atoms with Crippen molar-refractivity contribution in [3.63, 3.8) is 0 Å². The minimum absolute atomic E-state index is 0.0721. The number of para-hydroxylation sites is 1. The molecule has 1 atom stereocenters. The van der Waals surface area contributed by atoms with E-state index in [4.69, 9.17) is 19.3 Å². The number of amides is 2. The maximum absolute atomic E-state index is 12.8. The Hall–Kier alpha value is -3.74. The largest absolute Gasteiger partial charge is 0.457 e. The van der Waals surface area contributed by atoms with Gasteiger partial charge in [-0.3, -0.25) is 4.79 Å². The minimum atomic E-state index is -5.07. The van der Waals surface area contributed by atoms with Gasteiger partial charge in [-0.15, -0.1) is 0 Å². The van der Waals surface area contributed by atoms with Crippen LogP contribution < -0.4 is 20.1 Å². The van der Waals surface area contributed by atoms with Gasteiger partial charge in [-0.05, 0) is 42.0 Å². The second kappa shape index (κ2) is 13.2. The summed E-state index contributed by atoms with van der Waals surface area (Å²) < 4.78 is 49.8. The highest BCUT2D eigenvalue weighted by atomic mass is 32.2. The lowest BCUT2D eigenvalue weighted by atomic mass is 10.2. The third-order valence-corrected chi connectivity index (χ3v) is 7.06. The van der Waals surface area contributed by atoms with E-state index < -0.39 is 48.5 Å². The molecule has 5 N–H and O–H groups in total. The Morgan fingerprint density at radius 2 is 1.42 bits per heavy atom. The number of benzene rings is 3. The molecule has 12 nitrogen and oxygen atoms in total. The molecule has 0 aliphatic rings. The zero-order chi connectivity index (χ0) is 27.6. The van der Waals surface area contributed by atoms with E-state index in [9.17, 15) is 22.6 Å². The number of nitrogens with one attached hydrogen (secondary N) is 3. The van der Waals surface area contributed by atoms with E-state index in [1.165, 1.54) is 24.3 Å². The van der Waals surface area contributed by atoms with Gasteiger partial charge in [-0.25, -0.2) is 22.5 Å². The Bertz CT molecular complexity index is 1370. The van der Waals surface area contributed by atoms with Crippen molar-refractivity contribution >= 4 is 29.4 Å². The van der Waals surface area contributed by atoms with Crippen LogP contribution in [0.15, 0.2) is 89.8 Å². The summed E-state index contributed by atoms with van der Waals surface area (Å²) in [5.41, 5.74) is -0.867. The van der Waals surface area contributed by atoms with Crippen LogP contribution in [0.25, 0.3) is 0 Å². The predicted octanol–water partition coefficient (Wildman–Crippen LogP) is 2.94. The van der Waals surface area contributed by atoms with Crippen molar-refractivity contribution in [1.82, 2.24) is 15.4 Å². The van der Waals surface area contributed by atoms with E-state index in [0.717, 1.165) is 0 Å². The van der Waals surface area contributed by atoms with E-state index in [1.807, 2.05) is 11.4 Å². The first-order chi connectivity index (χ1) is 18.0. The number of alkyl carbamates (subject to hydrolysis) is 1. The fourth-order valence-corrected chi connectivity index (χ4v) is 4.40. The van der Waals surface area contributed by atoms with Gasteiger partial charge in [-0.1, -0.05) is 48.5 Å². The van der Waals surface area contributed by atoms with Gasteiger partial charge < -0.3 is 29.9 Å². The molecule has 0 aliphatic carbocycles. The van der Waals surface area contributed by atoms with Gasteiger partial charge in [0.25, 0.3) is 0 Å². The SMILES string of the molecule is O=C(N[C@@H](CNC(=O)P(=O)(O)O)CNS(=O)(=O)c1ccc(Oc2ccccc2)cc1)OCc1ccccc1. The van der Waals surface area contributed by atoms with E-state index in [1.54, 1.807) is 54.6 Å². The molecule has 38 heavy (non-hydrogen) atoms. The van der Waals surface area contributed by atoms with Gasteiger partial charge in [0.15, 0.2) is 0 Å². The Kier molecular flexibility index (Phi) is 9.99. The summed E-state index contributed by atoms with van der Waals surface area (Å²) in [6.07, 6.45) is -0.925. The Morgan fingerprint density at radius 1 is 0.842 bits per heavy atom. The molecule has 0 heterocycles. The van der Waals surface area contributed by atoms with E-state index in [-0.39, 0.29) is 11.5 Å². The summed E-state index contributed by atoms with van der Waals surface area (Å²) in [6.45, 7) is -0.986. The predicted molar refractivity (Wildman–Crippen MR) is 137 cm³/mol. The summed E-state index contributed by atoms with van der Waals surface area (Å²) in [4.78, 5) is 41.7. The van der Waals surface area contributed by atoms with Crippen molar-refractivity contribution < 1.29 is 41.8 Å². The monoisotopic (exact) mass is 563 g/mol. The normalized spacial score (nSPS) is 12.3. The molecule has 3 aromatic rings. The van der Waals surface area contributed by atoms with Gasteiger partial charge in [0.1, 0.15) is 18.1 Å². The summed E-state index contributed by atoms with van der Waals surface area (Å²) in [7, 11) is -9.14. The zero-order valence-electron chi connectivity index (χ0n) is 19.9. The molecular formula is C24H26N3O9PS. The molecule has 202 valence electrons. The molecule has 0 bridgehead atoms. The quantitative estimate of drug-likeness (QED) is 0.207. The molecule has 14 heteroatoms. The van der Waals surface area contributed by atoms with Crippen LogP contribution in [0.1, 0.15) is 5.56 Å². The summed E-state index contributed by atoms with van der Waals surface area (Å²) in [6, 6.07) is 22.2. The van der Waals surface area contributed by atoms with E-state index in [0.29, 0.717) is 17.1 Å². The molecule has 2 amide bonds. The van der Waals surface area contributed by atoms with Crippen molar-refractivity contribution in [2.75, 3.05) is 13.1 Å². The molecule has 0 aliphatic heterocycles. The second-order valence-electron chi connectivity index (χ2n) is 7.87. The average Bonchev–Trinajstić information content (AvgIpc) is 2.90. The maximum atomic E-state index is 12.8. The topological polar surface area (TPSA) is 180 Å². The lowest BCUT2D eigenvalue weighted by molar-refractivity contribution is 0.135. The van der Waals surface area contributed by atoms with Gasteiger partial charge >= 0.3 is 19.3 Å². The molecule has 3 aromatic carbocycles. The lowest BCUT2D eigenvalue weighted by Crippen LogP contribution is -2.49. The summed E-state index contributed by atoms with van der Waals surface area (Å²) in [5.74, 6) is 0.989. The van der Waals surface area contributed by atoms with Crippen LogP contribution in [0.2, 0.25) is 0 Å². The van der Waals surface area contributed by atoms with Gasteiger partial charge in [0, 0.05) is 13.1 Å². The number of rotatable bonds is 12. The van der Waals surface area contributed by atoms with Crippen LogP contribution in [0.4, 0.5) is 9.59 Å². The standard InChI is InChI=1S/C24H26N3O9PS/c28-23(35-17-18-7-3-1-4-8-18)27-19(15-25-24(29)37(30,31)32)16-26-38(33,34)22-13-11-21(12-14-22)36-20-9-5-2-6-10-20/h1-14,19,26H,15-17H2,(H,25,29)(H,27,28)(H2,30,31,32)/t19-/m0/s1. The van der Waals surface area contributed by atoms with Crippen molar-refractivity contribution in [2.24, 2.45) is 0 Å². The number of hydrogen-bond acceptors (Lipinski definition) is 7. The number of carbonyl (C=O) groups excluding carboxylic acids is 2. The molecule has 0 fully saturated rings. The van der Waals surface area contributed by atoms with Gasteiger partial charge in [0.05, 0.1) is 10.9 Å². The zero-order valence-corrected chi connectivity index (χ0v) is 21.6. The van der Waals surface area contributed by atoms with Gasteiger partial charge in [0.2, 0.25) is 10.0 Å². The average molecular weight is 564 g/mol. The highest BCUT2D eigenvalue weighted by molar-refractivity contribution is 7.89. The highest BCUT2D eigenvalue weighted by Gasteiger charge is 2.27. The van der Waals surface area contributed by atoms with Crippen molar-refractivity contribution in [3.05, 3.63) is 90.5 Å². The van der Waals surface area contributed by atoms with Crippen molar-refractivity contribution in [2.45, 2.75) is 17.5 Å². The summed E-state index contributed by atoms with van der Waals surface area (Å²) >= 11 is 0. The number of carbonyl (C=O) groups is 2. The second-order valence-corrected chi connectivity index (χ2v) is 11.1. The fourth-order valence-electron chi connectivity index (χ4n) is 3.02. The van der Waals surface area contributed by atoms with Crippen LogP contribution in [0, 0.1) is 0 Å². The minimum Gasteiger partial charge on any atom is -0.457 e. The molecule has 0 saturated heterocycles. The first-order valence-electron chi connectivity index (χ1n) is 11.2. The van der Waals surface area contributed by atoms with Crippen molar-refractivity contribution in [1.29, 1.82) is 0 Å². The smallest absolute Gasteiger partial charge is 0.413 e. The van der Waals surface area contributed by atoms with E-state index in [2.05, 4.69) is 10.0 Å². The van der Waals surface area contributed by atoms with Crippen LogP contribution in [0.5, 0.6) is 11.5 Å². The van der Waals surface area contributed by atoms with Gasteiger partial charge in [-0.2, -0.15) is 0 Å². The molecule has 0 spiro atoms. The van der Waals surface area contributed by atoms with Crippen LogP contribution >= 0.6 is 7.60 Å². The number of ether oxygens (including phenoxy) is 2. The Morgan fingerprint density at radius 3 is 2.03 bits per heavy atom. The fraction of sp³-hybridized carbons (Fsp3) is 0.167. The van der Waals surface area contributed by atoms with Crippen LogP contribution in [-0.2, 0) is 25.9 Å². The maximum Gasteiger partial charge on any atom is 0.413 e. The van der Waals surface area contributed by atoms with Crippen LogP contribution in [-0.4, -0.2) is 49.1 Å². The molecule has 0 radical (unpaired) electrons. The third-order valence-electron chi connectivity index (χ3n) is 4.93. The lowest BCUT2D eigenvalue weighted by Gasteiger charge is -2.20. The summed E-state index contributed by atoms with van der Waals surface area (Å²) in [5, 5.41) is 4.36.